The van der Waals surface area contributed by atoms with Gasteiger partial charge in [-0.2, -0.15) is 0 Å². The maximum absolute atomic E-state index is 12.0. The fraction of sp³-hybridized carbons (Fsp3) is 0.412. The molecule has 0 aliphatic heterocycles. The first-order valence-corrected chi connectivity index (χ1v) is 8.75. The summed E-state index contributed by atoms with van der Waals surface area (Å²) >= 11 is 7.05. The van der Waals surface area contributed by atoms with Gasteiger partial charge in [0.25, 0.3) is 5.91 Å². The van der Waals surface area contributed by atoms with E-state index in [0.717, 1.165) is 17.0 Å². The van der Waals surface area contributed by atoms with E-state index in [2.05, 4.69) is 37.1 Å². The standard InChI is InChI=1S/C17H21ClN2O2S/c1-11-5-6-14(13(7-11)17(2,3)4)22-9-15(21)20-16-19-12(8-18)10-23-16/h5-7,10H,8-9H2,1-4H3,(H,19,20,21). The van der Waals surface area contributed by atoms with E-state index in [4.69, 9.17) is 16.3 Å². The van der Waals surface area contributed by atoms with Crippen molar-refractivity contribution in [1.82, 2.24) is 4.98 Å². The van der Waals surface area contributed by atoms with Crippen molar-refractivity contribution < 1.29 is 9.53 Å². The number of aromatic nitrogens is 1. The molecule has 2 rings (SSSR count). The number of anilines is 1. The normalized spacial score (nSPS) is 11.3. The van der Waals surface area contributed by atoms with E-state index < -0.39 is 0 Å². The van der Waals surface area contributed by atoms with Gasteiger partial charge >= 0.3 is 0 Å². The first-order chi connectivity index (χ1) is 10.8. The Morgan fingerprint density at radius 3 is 2.74 bits per heavy atom. The molecule has 0 spiro atoms. The molecule has 1 amide bonds. The van der Waals surface area contributed by atoms with E-state index in [9.17, 15) is 4.79 Å². The molecule has 0 unspecified atom stereocenters. The molecule has 0 radical (unpaired) electrons. The van der Waals surface area contributed by atoms with Gasteiger partial charge in [0.2, 0.25) is 0 Å². The summed E-state index contributed by atoms with van der Waals surface area (Å²) in [6, 6.07) is 6.00. The van der Waals surface area contributed by atoms with Crippen LogP contribution in [-0.2, 0) is 16.1 Å². The number of benzene rings is 1. The molecule has 0 aliphatic rings. The second kappa shape index (κ2) is 7.32. The maximum Gasteiger partial charge on any atom is 0.264 e. The molecular formula is C17H21ClN2O2S. The maximum atomic E-state index is 12.0. The lowest BCUT2D eigenvalue weighted by atomic mass is 9.85. The lowest BCUT2D eigenvalue weighted by molar-refractivity contribution is -0.118. The molecule has 0 atom stereocenters. The van der Waals surface area contributed by atoms with Crippen molar-refractivity contribution in [2.24, 2.45) is 0 Å². The van der Waals surface area contributed by atoms with Gasteiger partial charge in [-0.1, -0.05) is 38.5 Å². The fourth-order valence-electron chi connectivity index (χ4n) is 2.08. The van der Waals surface area contributed by atoms with Gasteiger partial charge in [0.15, 0.2) is 11.7 Å². The van der Waals surface area contributed by atoms with Gasteiger partial charge < -0.3 is 4.74 Å². The Bertz CT molecular complexity index is 692. The molecule has 1 N–H and O–H groups in total. The molecule has 6 heteroatoms. The Morgan fingerprint density at radius 1 is 1.39 bits per heavy atom. The minimum absolute atomic E-state index is 0.0532. The first kappa shape index (κ1) is 17.8. The van der Waals surface area contributed by atoms with Crippen molar-refractivity contribution >= 4 is 34.0 Å². The molecule has 23 heavy (non-hydrogen) atoms. The van der Waals surface area contributed by atoms with Crippen LogP contribution in [0.1, 0.15) is 37.6 Å². The Morgan fingerprint density at radius 2 is 2.13 bits per heavy atom. The molecule has 1 aromatic heterocycles. The van der Waals surface area contributed by atoms with E-state index in [-0.39, 0.29) is 17.9 Å². The van der Waals surface area contributed by atoms with Crippen LogP contribution in [0.4, 0.5) is 5.13 Å². The summed E-state index contributed by atoms with van der Waals surface area (Å²) < 4.78 is 5.72. The summed E-state index contributed by atoms with van der Waals surface area (Å²) in [7, 11) is 0. The topological polar surface area (TPSA) is 51.2 Å². The van der Waals surface area contributed by atoms with E-state index in [1.165, 1.54) is 16.9 Å². The van der Waals surface area contributed by atoms with Crippen LogP contribution < -0.4 is 10.1 Å². The molecule has 0 aliphatic carbocycles. The summed E-state index contributed by atoms with van der Waals surface area (Å²) in [5.74, 6) is 0.834. The zero-order valence-corrected chi connectivity index (χ0v) is 15.3. The number of amides is 1. The Labute approximate surface area is 145 Å². The van der Waals surface area contributed by atoms with Crippen LogP contribution >= 0.6 is 22.9 Å². The second-order valence-electron chi connectivity index (χ2n) is 6.36. The van der Waals surface area contributed by atoms with Crippen LogP contribution in [0.5, 0.6) is 5.75 Å². The summed E-state index contributed by atoms with van der Waals surface area (Å²) in [4.78, 5) is 16.2. The zero-order chi connectivity index (χ0) is 17.0. The molecule has 1 aromatic carbocycles. The van der Waals surface area contributed by atoms with Crippen LogP contribution in [-0.4, -0.2) is 17.5 Å². The fourth-order valence-corrected chi connectivity index (χ4v) is 3.04. The number of carbonyl (C=O) groups is 1. The van der Waals surface area contributed by atoms with Crippen molar-refractivity contribution in [2.75, 3.05) is 11.9 Å². The molecule has 2 aromatic rings. The number of alkyl halides is 1. The summed E-state index contributed by atoms with van der Waals surface area (Å²) in [5, 5.41) is 5.08. The Kier molecular flexibility index (Phi) is 5.65. The van der Waals surface area contributed by atoms with Gasteiger partial charge in [0, 0.05) is 5.38 Å². The Balaban J connectivity index is 2.01. The van der Waals surface area contributed by atoms with E-state index in [1.54, 1.807) is 0 Å². The third-order valence-corrected chi connectivity index (χ3v) is 4.32. The molecule has 124 valence electrons. The van der Waals surface area contributed by atoms with Crippen LogP contribution in [0.2, 0.25) is 0 Å². The Hall–Kier alpha value is -1.59. The highest BCUT2D eigenvalue weighted by Gasteiger charge is 2.19. The smallest absolute Gasteiger partial charge is 0.264 e. The van der Waals surface area contributed by atoms with Crippen LogP contribution in [0, 0.1) is 6.92 Å². The zero-order valence-electron chi connectivity index (χ0n) is 13.8. The van der Waals surface area contributed by atoms with Gasteiger partial charge in [0.05, 0.1) is 11.6 Å². The predicted molar refractivity (Wildman–Crippen MR) is 95.7 cm³/mol. The predicted octanol–water partition coefficient (Wildman–Crippen LogP) is 4.51. The number of thiazole rings is 1. The largest absolute Gasteiger partial charge is 0.483 e. The third kappa shape index (κ3) is 4.94. The van der Waals surface area contributed by atoms with Crippen LogP contribution in [0.3, 0.4) is 0 Å². The average molecular weight is 353 g/mol. The molecule has 0 bridgehead atoms. The van der Waals surface area contributed by atoms with E-state index >= 15 is 0 Å². The molecule has 4 nitrogen and oxygen atoms in total. The number of halogens is 1. The van der Waals surface area contributed by atoms with Crippen molar-refractivity contribution in [1.29, 1.82) is 0 Å². The van der Waals surface area contributed by atoms with Crippen LogP contribution in [0.15, 0.2) is 23.6 Å². The summed E-state index contributed by atoms with van der Waals surface area (Å²) in [6.45, 7) is 8.36. The highest BCUT2D eigenvalue weighted by molar-refractivity contribution is 7.13. The lowest BCUT2D eigenvalue weighted by Gasteiger charge is -2.23. The highest BCUT2D eigenvalue weighted by Crippen LogP contribution is 2.32. The number of nitrogens with zero attached hydrogens (tertiary/aromatic N) is 1. The monoisotopic (exact) mass is 352 g/mol. The number of nitrogens with one attached hydrogen (secondary N) is 1. The summed E-state index contributed by atoms with van der Waals surface area (Å²) in [6.07, 6.45) is 0. The first-order valence-electron chi connectivity index (χ1n) is 7.34. The molecular weight excluding hydrogens is 332 g/mol. The van der Waals surface area contributed by atoms with E-state index in [0.29, 0.717) is 11.0 Å². The second-order valence-corrected chi connectivity index (χ2v) is 7.49. The average Bonchev–Trinajstić information content (AvgIpc) is 2.92. The lowest BCUT2D eigenvalue weighted by Crippen LogP contribution is -2.22. The van der Waals surface area contributed by atoms with Gasteiger partial charge in [-0.15, -0.1) is 22.9 Å². The van der Waals surface area contributed by atoms with Crippen molar-refractivity contribution in [2.45, 2.75) is 39.0 Å². The minimum atomic E-state index is -0.235. The van der Waals surface area contributed by atoms with Crippen LogP contribution in [0.25, 0.3) is 0 Å². The summed E-state index contributed by atoms with van der Waals surface area (Å²) in [5.41, 5.74) is 2.95. The van der Waals surface area contributed by atoms with Gasteiger partial charge in [-0.25, -0.2) is 4.98 Å². The van der Waals surface area contributed by atoms with Crippen molar-refractivity contribution in [3.63, 3.8) is 0 Å². The molecule has 0 fully saturated rings. The van der Waals surface area contributed by atoms with Gasteiger partial charge in [-0.05, 0) is 24.0 Å². The van der Waals surface area contributed by atoms with Gasteiger partial charge in [0.1, 0.15) is 5.75 Å². The minimum Gasteiger partial charge on any atom is -0.483 e. The third-order valence-electron chi connectivity index (χ3n) is 3.24. The SMILES string of the molecule is Cc1ccc(OCC(=O)Nc2nc(CCl)cs2)c(C(C)(C)C)c1. The van der Waals surface area contributed by atoms with Gasteiger partial charge in [-0.3, -0.25) is 10.1 Å². The quantitative estimate of drug-likeness (QED) is 0.806. The number of ether oxygens (including phenoxy) is 1. The number of aryl methyl sites for hydroxylation is 1. The van der Waals surface area contributed by atoms with Crippen molar-refractivity contribution in [3.05, 3.63) is 40.4 Å². The molecule has 1 heterocycles. The number of hydrogen-bond donors (Lipinski definition) is 1. The highest BCUT2D eigenvalue weighted by atomic mass is 35.5. The molecule has 0 saturated carbocycles. The number of carbonyl (C=O) groups excluding carboxylic acids is 1. The number of hydrogen-bond acceptors (Lipinski definition) is 4. The number of rotatable bonds is 5. The van der Waals surface area contributed by atoms with Crippen molar-refractivity contribution in [3.8, 4) is 5.75 Å². The molecule has 0 saturated heterocycles. The van der Waals surface area contributed by atoms with E-state index in [1.807, 2.05) is 24.4 Å².